The van der Waals surface area contributed by atoms with Crippen molar-refractivity contribution in [3.8, 4) is 5.75 Å². The molecule has 2 nitrogen and oxygen atoms in total. The van der Waals surface area contributed by atoms with Crippen LogP contribution >= 0.6 is 11.8 Å². The summed E-state index contributed by atoms with van der Waals surface area (Å²) in [6, 6.07) is 10.6. The van der Waals surface area contributed by atoms with Crippen LogP contribution in [0.25, 0.3) is 11.1 Å². The molecule has 0 N–H and O–H groups in total. The number of methoxy groups -OCH3 is 1. The number of benzene rings is 1. The van der Waals surface area contributed by atoms with Gasteiger partial charge in [0.25, 0.3) is 0 Å². The fourth-order valence-electron chi connectivity index (χ4n) is 3.23. The van der Waals surface area contributed by atoms with Crippen LogP contribution in [0.2, 0.25) is 0 Å². The first-order valence-corrected chi connectivity index (χ1v) is 7.77. The number of hydrogen-bond donors (Lipinski definition) is 0. The Morgan fingerprint density at radius 1 is 1.30 bits per heavy atom. The van der Waals surface area contributed by atoms with E-state index >= 15 is 0 Å². The van der Waals surface area contributed by atoms with Crippen LogP contribution in [0, 0.1) is 0 Å². The Bertz CT molecular complexity index is 736. The quantitative estimate of drug-likeness (QED) is 0.781. The highest BCUT2D eigenvalue weighted by Crippen LogP contribution is 2.52. The number of rotatable bonds is 1. The summed E-state index contributed by atoms with van der Waals surface area (Å²) in [5, 5.41) is 0. The van der Waals surface area contributed by atoms with Crippen molar-refractivity contribution >= 4 is 22.9 Å². The van der Waals surface area contributed by atoms with Crippen LogP contribution in [0.1, 0.15) is 29.7 Å². The Morgan fingerprint density at radius 3 is 3.05 bits per heavy atom. The molecule has 1 aromatic heterocycles. The van der Waals surface area contributed by atoms with Gasteiger partial charge in [-0.3, -0.25) is 4.98 Å². The van der Waals surface area contributed by atoms with Gasteiger partial charge in [0, 0.05) is 22.8 Å². The van der Waals surface area contributed by atoms with Crippen LogP contribution < -0.4 is 4.74 Å². The molecular weight excluding hydrogens is 266 g/mol. The molecule has 1 aliphatic carbocycles. The molecule has 2 heterocycles. The van der Waals surface area contributed by atoms with E-state index in [9.17, 15) is 0 Å². The summed E-state index contributed by atoms with van der Waals surface area (Å²) in [6.07, 6.45) is 1.89. The maximum Gasteiger partial charge on any atom is 0.119 e. The summed E-state index contributed by atoms with van der Waals surface area (Å²) in [5.74, 6) is 2.37. The van der Waals surface area contributed by atoms with E-state index < -0.39 is 0 Å². The van der Waals surface area contributed by atoms with Gasteiger partial charge in [-0.2, -0.15) is 0 Å². The Balaban J connectivity index is 1.92. The first-order chi connectivity index (χ1) is 9.79. The zero-order valence-corrected chi connectivity index (χ0v) is 12.3. The lowest BCUT2D eigenvalue weighted by molar-refractivity contribution is 0.414. The van der Waals surface area contributed by atoms with Gasteiger partial charge in [0.15, 0.2) is 0 Å². The molecule has 4 rings (SSSR count). The van der Waals surface area contributed by atoms with Gasteiger partial charge >= 0.3 is 0 Å². The molecule has 1 aliphatic heterocycles. The molecule has 0 bridgehead atoms. The highest BCUT2D eigenvalue weighted by Gasteiger charge is 2.33. The second kappa shape index (κ2) is 4.38. The first kappa shape index (κ1) is 12.0. The summed E-state index contributed by atoms with van der Waals surface area (Å²) in [4.78, 5) is 5.93. The molecule has 2 aliphatic rings. The summed E-state index contributed by atoms with van der Waals surface area (Å²) in [5.41, 5.74) is 6.76. The number of pyridine rings is 1. The van der Waals surface area contributed by atoms with Crippen molar-refractivity contribution in [1.82, 2.24) is 4.98 Å². The smallest absolute Gasteiger partial charge is 0.119 e. The van der Waals surface area contributed by atoms with E-state index in [1.807, 2.05) is 24.0 Å². The van der Waals surface area contributed by atoms with Crippen molar-refractivity contribution in [3.05, 3.63) is 53.3 Å². The van der Waals surface area contributed by atoms with Crippen LogP contribution in [-0.4, -0.2) is 17.8 Å². The third kappa shape index (κ3) is 1.56. The summed E-state index contributed by atoms with van der Waals surface area (Å²) in [7, 11) is 1.72. The Hall–Kier alpha value is -1.74. The molecule has 3 heteroatoms. The van der Waals surface area contributed by atoms with E-state index in [-0.39, 0.29) is 0 Å². The highest BCUT2D eigenvalue weighted by molar-refractivity contribution is 7.99. The van der Waals surface area contributed by atoms with E-state index in [2.05, 4.69) is 36.2 Å². The van der Waals surface area contributed by atoms with Crippen molar-refractivity contribution in [1.29, 1.82) is 0 Å². The van der Waals surface area contributed by atoms with E-state index in [0.29, 0.717) is 5.92 Å². The lowest BCUT2D eigenvalue weighted by Crippen LogP contribution is -2.02. The summed E-state index contributed by atoms with van der Waals surface area (Å²) >= 11 is 1.89. The van der Waals surface area contributed by atoms with Gasteiger partial charge in [0.1, 0.15) is 5.75 Å². The van der Waals surface area contributed by atoms with Crippen LogP contribution in [0.5, 0.6) is 5.75 Å². The van der Waals surface area contributed by atoms with Gasteiger partial charge < -0.3 is 4.74 Å². The molecule has 1 atom stereocenters. The average Bonchev–Trinajstić information content (AvgIpc) is 2.80. The van der Waals surface area contributed by atoms with Crippen molar-refractivity contribution in [2.75, 3.05) is 12.9 Å². The molecule has 0 fully saturated rings. The predicted octanol–water partition coefficient (Wildman–Crippen LogP) is 4.22. The average molecular weight is 281 g/mol. The van der Waals surface area contributed by atoms with Gasteiger partial charge in [-0.15, -0.1) is 11.8 Å². The molecule has 20 heavy (non-hydrogen) atoms. The topological polar surface area (TPSA) is 22.1 Å². The monoisotopic (exact) mass is 281 g/mol. The maximum absolute atomic E-state index is 5.37. The molecule has 1 aromatic carbocycles. The van der Waals surface area contributed by atoms with E-state index in [1.165, 1.54) is 32.9 Å². The third-order valence-corrected chi connectivity index (χ3v) is 5.28. The summed E-state index contributed by atoms with van der Waals surface area (Å²) < 4.78 is 5.37. The number of allylic oxidation sites excluding steroid dienone is 1. The zero-order valence-electron chi connectivity index (χ0n) is 11.5. The number of hydrogen-bond acceptors (Lipinski definition) is 3. The van der Waals surface area contributed by atoms with Crippen molar-refractivity contribution in [2.24, 2.45) is 0 Å². The first-order valence-electron chi connectivity index (χ1n) is 6.79. The molecule has 0 radical (unpaired) electrons. The van der Waals surface area contributed by atoms with Gasteiger partial charge in [0.2, 0.25) is 0 Å². The molecule has 1 unspecified atom stereocenters. The van der Waals surface area contributed by atoms with Gasteiger partial charge in [-0.05, 0) is 46.5 Å². The predicted molar refractivity (Wildman–Crippen MR) is 83.2 cm³/mol. The lowest BCUT2D eigenvalue weighted by atomic mass is 9.95. The second-order valence-electron chi connectivity index (χ2n) is 5.21. The molecule has 0 amide bonds. The molecule has 2 aromatic rings. The number of aromatic nitrogens is 1. The van der Waals surface area contributed by atoms with E-state index in [4.69, 9.17) is 4.74 Å². The minimum atomic E-state index is 0.393. The third-order valence-electron chi connectivity index (χ3n) is 4.21. The molecule has 0 spiro atoms. The van der Waals surface area contributed by atoms with Gasteiger partial charge in [-0.25, -0.2) is 0 Å². The highest BCUT2D eigenvalue weighted by atomic mass is 32.2. The van der Waals surface area contributed by atoms with Gasteiger partial charge in [0.05, 0.1) is 12.8 Å². The molecular formula is C17H15NOS. The van der Waals surface area contributed by atoms with Crippen molar-refractivity contribution in [3.63, 3.8) is 0 Å². The SMILES string of the molecule is COc1ccc2c(c1)C(C)C1=C2CSc2cccnc21. The Kier molecular flexibility index (Phi) is 2.64. The van der Waals surface area contributed by atoms with Crippen molar-refractivity contribution < 1.29 is 4.74 Å². The Morgan fingerprint density at radius 2 is 2.20 bits per heavy atom. The second-order valence-corrected chi connectivity index (χ2v) is 6.22. The van der Waals surface area contributed by atoms with E-state index in [1.54, 1.807) is 7.11 Å². The fourth-order valence-corrected chi connectivity index (χ4v) is 4.31. The fraction of sp³-hybridized carbons (Fsp3) is 0.235. The van der Waals surface area contributed by atoms with Gasteiger partial charge in [-0.1, -0.05) is 13.0 Å². The van der Waals surface area contributed by atoms with Crippen LogP contribution in [0.4, 0.5) is 0 Å². The number of thioether (sulfide) groups is 1. The number of fused-ring (bicyclic) bond motifs is 4. The van der Waals surface area contributed by atoms with Crippen molar-refractivity contribution in [2.45, 2.75) is 17.7 Å². The molecule has 0 saturated carbocycles. The lowest BCUT2D eigenvalue weighted by Gasteiger charge is -2.19. The standard InChI is InChI=1S/C17H15NOS/c1-10-13-8-11(19-2)5-6-12(13)14-9-20-15-4-3-7-18-17(15)16(10)14/h3-8,10H,9H2,1-2H3. The largest absolute Gasteiger partial charge is 0.497 e. The summed E-state index contributed by atoms with van der Waals surface area (Å²) in [6.45, 7) is 2.27. The normalized spacial score (nSPS) is 19.4. The zero-order chi connectivity index (χ0) is 13.7. The Labute approximate surface area is 122 Å². The van der Waals surface area contributed by atoms with Crippen LogP contribution in [-0.2, 0) is 0 Å². The number of ether oxygens (including phenoxy) is 1. The minimum absolute atomic E-state index is 0.393. The van der Waals surface area contributed by atoms with E-state index in [0.717, 1.165) is 11.5 Å². The minimum Gasteiger partial charge on any atom is -0.497 e. The van der Waals surface area contributed by atoms with Crippen LogP contribution in [0.15, 0.2) is 41.4 Å². The molecule has 0 saturated heterocycles. The van der Waals surface area contributed by atoms with Crippen LogP contribution in [0.3, 0.4) is 0 Å². The maximum atomic E-state index is 5.37. The number of nitrogens with zero attached hydrogens (tertiary/aromatic N) is 1. The molecule has 100 valence electrons.